The summed E-state index contributed by atoms with van der Waals surface area (Å²) in [5.41, 5.74) is 17.1. The van der Waals surface area contributed by atoms with Gasteiger partial charge in [-0.1, -0.05) is 0 Å². The van der Waals surface area contributed by atoms with Gasteiger partial charge in [0.05, 0.1) is 5.69 Å². The molecule has 0 aliphatic heterocycles. The number of amides is 2. The van der Waals surface area contributed by atoms with Gasteiger partial charge in [0.2, 0.25) is 11.8 Å². The molecule has 0 radical (unpaired) electrons. The SMILES string of the molecule is NC(=O)c1ccc(Oc2cc(C(N)=O)ccc2N)cc1. The van der Waals surface area contributed by atoms with E-state index in [1.165, 1.54) is 30.3 Å². The molecule has 0 aliphatic carbocycles. The molecule has 0 fully saturated rings. The third-order valence-electron chi connectivity index (χ3n) is 2.66. The Kier molecular flexibility index (Phi) is 3.56. The number of nitrogen functional groups attached to an aromatic ring is 1. The molecule has 2 aromatic carbocycles. The van der Waals surface area contributed by atoms with E-state index in [1.54, 1.807) is 12.1 Å². The number of hydrogen-bond acceptors (Lipinski definition) is 4. The van der Waals surface area contributed by atoms with Crippen molar-refractivity contribution in [2.45, 2.75) is 0 Å². The molecule has 6 heteroatoms. The molecule has 0 aliphatic rings. The first-order valence-corrected chi connectivity index (χ1v) is 5.74. The number of primary amides is 2. The molecule has 2 amide bonds. The molecular weight excluding hydrogens is 258 g/mol. The van der Waals surface area contributed by atoms with Crippen LogP contribution in [0.15, 0.2) is 42.5 Å². The molecule has 2 rings (SSSR count). The molecule has 6 N–H and O–H groups in total. The predicted molar refractivity (Wildman–Crippen MR) is 74.4 cm³/mol. The number of rotatable bonds is 4. The summed E-state index contributed by atoms with van der Waals surface area (Å²) in [5.74, 6) is -0.317. The third kappa shape index (κ3) is 2.86. The first-order valence-electron chi connectivity index (χ1n) is 5.74. The third-order valence-corrected chi connectivity index (χ3v) is 2.66. The molecule has 0 spiro atoms. The van der Waals surface area contributed by atoms with E-state index in [1.807, 2.05) is 0 Å². The zero-order valence-electron chi connectivity index (χ0n) is 10.5. The van der Waals surface area contributed by atoms with Crippen LogP contribution in [0, 0.1) is 0 Å². The van der Waals surface area contributed by atoms with E-state index >= 15 is 0 Å². The van der Waals surface area contributed by atoms with Crippen LogP contribution in [0.25, 0.3) is 0 Å². The highest BCUT2D eigenvalue weighted by molar-refractivity contribution is 5.94. The maximum atomic E-state index is 11.1. The summed E-state index contributed by atoms with van der Waals surface area (Å²) in [6.07, 6.45) is 0. The quantitative estimate of drug-likeness (QED) is 0.724. The number of ether oxygens (including phenoxy) is 1. The number of anilines is 1. The monoisotopic (exact) mass is 271 g/mol. The van der Waals surface area contributed by atoms with Crippen molar-refractivity contribution in [2.24, 2.45) is 11.5 Å². The minimum absolute atomic E-state index is 0.294. The molecule has 0 unspecified atom stereocenters. The fraction of sp³-hybridized carbons (Fsp3) is 0. The predicted octanol–water partition coefficient (Wildman–Crippen LogP) is 1.26. The number of hydrogen-bond donors (Lipinski definition) is 3. The fourth-order valence-corrected chi connectivity index (χ4v) is 1.59. The van der Waals surface area contributed by atoms with Crippen molar-refractivity contribution in [2.75, 3.05) is 5.73 Å². The summed E-state index contributed by atoms with van der Waals surface area (Å²) in [5, 5.41) is 0. The molecule has 0 aromatic heterocycles. The second kappa shape index (κ2) is 5.31. The van der Waals surface area contributed by atoms with E-state index in [9.17, 15) is 9.59 Å². The van der Waals surface area contributed by atoms with Crippen LogP contribution < -0.4 is 21.9 Å². The molecular formula is C14H13N3O3. The van der Waals surface area contributed by atoms with Gasteiger partial charge in [-0.2, -0.15) is 0 Å². The Morgan fingerprint density at radius 3 is 1.95 bits per heavy atom. The Labute approximate surface area is 115 Å². The molecule has 0 saturated carbocycles. The van der Waals surface area contributed by atoms with E-state index in [2.05, 4.69) is 0 Å². The van der Waals surface area contributed by atoms with Crippen molar-refractivity contribution in [1.82, 2.24) is 0 Å². The summed E-state index contributed by atoms with van der Waals surface area (Å²) < 4.78 is 5.55. The topological polar surface area (TPSA) is 121 Å². The Balaban J connectivity index is 2.27. The normalized spacial score (nSPS) is 10.0. The van der Waals surface area contributed by atoms with Crippen LogP contribution in [0.1, 0.15) is 20.7 Å². The van der Waals surface area contributed by atoms with Crippen LogP contribution in [-0.2, 0) is 0 Å². The molecule has 102 valence electrons. The van der Waals surface area contributed by atoms with Crippen molar-refractivity contribution >= 4 is 17.5 Å². The lowest BCUT2D eigenvalue weighted by Crippen LogP contribution is -2.11. The summed E-state index contributed by atoms with van der Waals surface area (Å²) >= 11 is 0. The Hall–Kier alpha value is -3.02. The number of carbonyl (C=O) groups excluding carboxylic acids is 2. The average molecular weight is 271 g/mol. The van der Waals surface area contributed by atoms with Crippen molar-refractivity contribution in [3.8, 4) is 11.5 Å². The molecule has 0 bridgehead atoms. The molecule has 0 atom stereocenters. The average Bonchev–Trinajstić information content (AvgIpc) is 2.41. The lowest BCUT2D eigenvalue weighted by atomic mass is 10.2. The maximum absolute atomic E-state index is 11.1. The summed E-state index contributed by atoms with van der Waals surface area (Å²) in [7, 11) is 0. The minimum atomic E-state index is -0.570. The first-order chi connectivity index (χ1) is 9.47. The van der Waals surface area contributed by atoms with Crippen molar-refractivity contribution in [3.63, 3.8) is 0 Å². The maximum Gasteiger partial charge on any atom is 0.248 e. The summed E-state index contributed by atoms with van der Waals surface area (Å²) in [6, 6.07) is 10.7. The molecule has 2 aromatic rings. The van der Waals surface area contributed by atoms with Crippen LogP contribution in [0.3, 0.4) is 0 Å². The highest BCUT2D eigenvalue weighted by Gasteiger charge is 2.08. The van der Waals surface area contributed by atoms with Gasteiger partial charge in [0.25, 0.3) is 0 Å². The Morgan fingerprint density at radius 2 is 1.40 bits per heavy atom. The van der Waals surface area contributed by atoms with Crippen molar-refractivity contribution < 1.29 is 14.3 Å². The first kappa shape index (κ1) is 13.4. The van der Waals surface area contributed by atoms with Gasteiger partial charge in [-0.25, -0.2) is 0 Å². The second-order valence-electron chi connectivity index (χ2n) is 4.11. The van der Waals surface area contributed by atoms with Gasteiger partial charge in [0.15, 0.2) is 5.75 Å². The number of benzene rings is 2. The van der Waals surface area contributed by atoms with Gasteiger partial charge >= 0.3 is 0 Å². The largest absolute Gasteiger partial charge is 0.455 e. The van der Waals surface area contributed by atoms with E-state index in [4.69, 9.17) is 21.9 Å². The van der Waals surface area contributed by atoms with Crippen LogP contribution in [0.5, 0.6) is 11.5 Å². The molecule has 0 heterocycles. The number of carbonyl (C=O) groups is 2. The van der Waals surface area contributed by atoms with Crippen LogP contribution >= 0.6 is 0 Å². The van der Waals surface area contributed by atoms with Crippen LogP contribution in [-0.4, -0.2) is 11.8 Å². The molecule has 0 saturated heterocycles. The van der Waals surface area contributed by atoms with E-state index in [-0.39, 0.29) is 0 Å². The lowest BCUT2D eigenvalue weighted by Gasteiger charge is -2.09. The van der Waals surface area contributed by atoms with Gasteiger partial charge in [-0.3, -0.25) is 9.59 Å². The highest BCUT2D eigenvalue weighted by Crippen LogP contribution is 2.28. The molecule has 20 heavy (non-hydrogen) atoms. The number of nitrogens with two attached hydrogens (primary N) is 3. The molecule has 6 nitrogen and oxygen atoms in total. The lowest BCUT2D eigenvalue weighted by molar-refractivity contribution is 0.0991. The fourth-order valence-electron chi connectivity index (χ4n) is 1.59. The highest BCUT2D eigenvalue weighted by atomic mass is 16.5. The smallest absolute Gasteiger partial charge is 0.248 e. The summed E-state index contributed by atoms with van der Waals surface area (Å²) in [4.78, 5) is 22.1. The van der Waals surface area contributed by atoms with Crippen LogP contribution in [0.2, 0.25) is 0 Å². The Bertz CT molecular complexity index is 666. The summed E-state index contributed by atoms with van der Waals surface area (Å²) in [6.45, 7) is 0. The van der Waals surface area contributed by atoms with Crippen LogP contribution in [0.4, 0.5) is 5.69 Å². The van der Waals surface area contributed by atoms with Gasteiger partial charge < -0.3 is 21.9 Å². The van der Waals surface area contributed by atoms with E-state index in [0.717, 1.165) is 0 Å². The minimum Gasteiger partial charge on any atom is -0.455 e. The zero-order chi connectivity index (χ0) is 14.7. The van der Waals surface area contributed by atoms with E-state index in [0.29, 0.717) is 28.3 Å². The zero-order valence-corrected chi connectivity index (χ0v) is 10.5. The van der Waals surface area contributed by atoms with Gasteiger partial charge in [-0.05, 0) is 42.5 Å². The van der Waals surface area contributed by atoms with E-state index < -0.39 is 11.8 Å². The van der Waals surface area contributed by atoms with Gasteiger partial charge in [0.1, 0.15) is 5.75 Å². The van der Waals surface area contributed by atoms with Crippen molar-refractivity contribution in [3.05, 3.63) is 53.6 Å². The van der Waals surface area contributed by atoms with Crippen molar-refractivity contribution in [1.29, 1.82) is 0 Å². The Morgan fingerprint density at radius 1 is 0.850 bits per heavy atom. The van der Waals surface area contributed by atoms with Gasteiger partial charge in [0, 0.05) is 11.1 Å². The van der Waals surface area contributed by atoms with Gasteiger partial charge in [-0.15, -0.1) is 0 Å². The standard InChI is InChI=1S/C14H13N3O3/c15-11-6-3-9(14(17)19)7-12(11)20-10-4-1-8(2-5-10)13(16)18/h1-7H,15H2,(H2,16,18)(H2,17,19). The second-order valence-corrected chi connectivity index (χ2v) is 4.11.